The maximum absolute atomic E-state index is 6.71. The van der Waals surface area contributed by atoms with Crippen LogP contribution >= 0.6 is 0 Å². The fourth-order valence-electron chi connectivity index (χ4n) is 7.77. The van der Waals surface area contributed by atoms with Crippen molar-refractivity contribution in [2.75, 3.05) is 0 Å². The summed E-state index contributed by atoms with van der Waals surface area (Å²) < 4.78 is 11.0. The number of ether oxygens (including phenoxy) is 1. The van der Waals surface area contributed by atoms with Gasteiger partial charge in [-0.05, 0) is 95.0 Å². The standard InChI is InChI=1S/C49H54N4O.Pt/c1-12-13-17-34-24-25-50-45(26-34)52-43-21-15-14-18-39(43)40-23-22-37(30-44(40)52)54-38-28-35(31(2)3)27-36(29-38)53-33(5)46(32(4)51-53)47-41(48(6,7)8)19-16-20-42(47)49(9,10)11;/h14-16,18-28,31H,12-13,17H2,1-11H3;/q-2;+2. The molecule has 3 aromatic heterocycles. The van der Waals surface area contributed by atoms with Crippen molar-refractivity contribution in [1.29, 1.82) is 0 Å². The van der Waals surface area contributed by atoms with Crippen molar-refractivity contribution in [3.8, 4) is 34.1 Å². The molecule has 0 atom stereocenters. The first-order valence-electron chi connectivity index (χ1n) is 19.5. The van der Waals surface area contributed by atoms with Crippen LogP contribution in [-0.4, -0.2) is 19.3 Å². The number of para-hydroxylation sites is 1. The summed E-state index contributed by atoms with van der Waals surface area (Å²) in [6.07, 6.45) is 5.26. The third kappa shape index (κ3) is 7.83. The van der Waals surface area contributed by atoms with Crippen LogP contribution in [0.25, 0.3) is 44.4 Å². The van der Waals surface area contributed by atoms with Crippen molar-refractivity contribution in [1.82, 2.24) is 19.3 Å². The first-order chi connectivity index (χ1) is 25.7. The minimum Gasteiger partial charge on any atom is -0.509 e. The summed E-state index contributed by atoms with van der Waals surface area (Å²) >= 11 is 0. The molecule has 0 spiro atoms. The monoisotopic (exact) mass is 909 g/mol. The summed E-state index contributed by atoms with van der Waals surface area (Å²) in [5.74, 6) is 2.42. The number of rotatable bonds is 9. The van der Waals surface area contributed by atoms with Crippen LogP contribution in [0.4, 0.5) is 0 Å². The van der Waals surface area contributed by atoms with E-state index in [0.29, 0.717) is 11.5 Å². The summed E-state index contributed by atoms with van der Waals surface area (Å²) in [5, 5.41) is 7.47. The third-order valence-corrected chi connectivity index (χ3v) is 10.6. The zero-order valence-electron chi connectivity index (χ0n) is 34.3. The Morgan fingerprint density at radius 3 is 2.15 bits per heavy atom. The van der Waals surface area contributed by atoms with E-state index in [4.69, 9.17) is 14.8 Å². The quantitative estimate of drug-likeness (QED) is 0.136. The molecule has 0 aliphatic carbocycles. The zero-order valence-corrected chi connectivity index (χ0v) is 36.6. The molecule has 0 aliphatic rings. The molecule has 7 aromatic rings. The van der Waals surface area contributed by atoms with Gasteiger partial charge in [0.05, 0.1) is 5.69 Å². The van der Waals surface area contributed by atoms with E-state index in [2.05, 4.69) is 170 Å². The van der Waals surface area contributed by atoms with E-state index >= 15 is 0 Å². The molecule has 0 saturated carbocycles. The number of aryl methyl sites for hydroxylation is 2. The first-order valence-corrected chi connectivity index (χ1v) is 19.5. The maximum atomic E-state index is 6.71. The second-order valence-electron chi connectivity index (χ2n) is 17.2. The smallest absolute Gasteiger partial charge is 0.509 e. The molecule has 0 fully saturated rings. The molecule has 3 heterocycles. The number of aromatic nitrogens is 4. The van der Waals surface area contributed by atoms with Gasteiger partial charge in [0.1, 0.15) is 5.82 Å². The molecule has 6 heteroatoms. The number of hydrogen-bond donors (Lipinski definition) is 0. The molecule has 4 aromatic carbocycles. The molecule has 0 bridgehead atoms. The van der Waals surface area contributed by atoms with Gasteiger partial charge in [0.2, 0.25) is 0 Å². The second kappa shape index (κ2) is 15.6. The van der Waals surface area contributed by atoms with Gasteiger partial charge in [-0.15, -0.1) is 41.3 Å². The molecule has 5 nitrogen and oxygen atoms in total. The molecule has 0 unspecified atom stereocenters. The summed E-state index contributed by atoms with van der Waals surface area (Å²) in [5.41, 5.74) is 12.5. The van der Waals surface area contributed by atoms with Crippen molar-refractivity contribution in [2.45, 2.75) is 112 Å². The fraction of sp³-hybridized carbons (Fsp3) is 0.347. The molecule has 7 rings (SSSR count). The number of unbranched alkanes of at least 4 members (excludes halogenated alkanes) is 1. The first kappa shape index (κ1) is 40.2. The number of fused-ring (bicyclic) bond motifs is 3. The van der Waals surface area contributed by atoms with Crippen molar-refractivity contribution < 1.29 is 25.8 Å². The molecule has 0 amide bonds. The van der Waals surface area contributed by atoms with Crippen LogP contribution in [0, 0.1) is 26.0 Å². The van der Waals surface area contributed by atoms with Gasteiger partial charge in [0.15, 0.2) is 0 Å². The van der Waals surface area contributed by atoms with Crippen molar-refractivity contribution in [2.24, 2.45) is 0 Å². The van der Waals surface area contributed by atoms with E-state index in [1.807, 2.05) is 12.3 Å². The predicted molar refractivity (Wildman–Crippen MR) is 225 cm³/mol. The van der Waals surface area contributed by atoms with E-state index in [0.717, 1.165) is 69.5 Å². The van der Waals surface area contributed by atoms with Gasteiger partial charge < -0.3 is 9.30 Å². The second-order valence-corrected chi connectivity index (χ2v) is 17.2. The molecule has 0 radical (unpaired) electrons. The summed E-state index contributed by atoms with van der Waals surface area (Å²) in [6, 6.07) is 35.3. The zero-order chi connectivity index (χ0) is 38.5. The SMILES string of the molecule is CCCCc1ccnc(-n2c3[c-]c(Oc4[c-]c(-n5nc(C)c(-c6c(C(C)(C)C)cccc6C(C)(C)C)c5C)cc(C(C)C)c4)ccc3c3ccccc32)c1.[Pt+2]. The van der Waals surface area contributed by atoms with Crippen LogP contribution in [0.5, 0.6) is 11.5 Å². The van der Waals surface area contributed by atoms with E-state index < -0.39 is 0 Å². The van der Waals surface area contributed by atoms with Crippen molar-refractivity contribution >= 4 is 21.8 Å². The van der Waals surface area contributed by atoms with E-state index in [1.165, 1.54) is 27.8 Å². The molecular weight excluding hydrogens is 856 g/mol. The summed E-state index contributed by atoms with van der Waals surface area (Å²) in [4.78, 5) is 4.84. The van der Waals surface area contributed by atoms with E-state index in [9.17, 15) is 0 Å². The van der Waals surface area contributed by atoms with E-state index in [-0.39, 0.29) is 37.8 Å². The largest absolute Gasteiger partial charge is 2.00 e. The van der Waals surface area contributed by atoms with Crippen LogP contribution in [0.15, 0.2) is 85.1 Å². The van der Waals surface area contributed by atoms with Crippen molar-refractivity contribution in [3.05, 3.63) is 131 Å². The number of pyridine rings is 1. The average Bonchev–Trinajstić information content (AvgIpc) is 3.61. The Hall–Kier alpha value is -4.47. The normalized spacial score (nSPS) is 12.1. The van der Waals surface area contributed by atoms with Gasteiger partial charge in [-0.2, -0.15) is 11.2 Å². The predicted octanol–water partition coefficient (Wildman–Crippen LogP) is 13.1. The third-order valence-electron chi connectivity index (χ3n) is 10.6. The Morgan fingerprint density at radius 2 is 1.47 bits per heavy atom. The van der Waals surface area contributed by atoms with Gasteiger partial charge in [0.25, 0.3) is 0 Å². The Morgan fingerprint density at radius 1 is 0.764 bits per heavy atom. The van der Waals surface area contributed by atoms with Gasteiger partial charge in [-0.3, -0.25) is 4.68 Å². The van der Waals surface area contributed by atoms with E-state index in [1.54, 1.807) is 0 Å². The Bertz CT molecular complexity index is 2460. The summed E-state index contributed by atoms with van der Waals surface area (Å²) in [7, 11) is 0. The number of nitrogens with zero attached hydrogens (tertiary/aromatic N) is 4. The topological polar surface area (TPSA) is 44.9 Å². The van der Waals surface area contributed by atoms with Crippen LogP contribution in [0.1, 0.15) is 115 Å². The Balaban J connectivity index is 0.00000514. The minimum atomic E-state index is -0.0422. The average molecular weight is 910 g/mol. The fourth-order valence-corrected chi connectivity index (χ4v) is 7.77. The van der Waals surface area contributed by atoms with Crippen LogP contribution in [0.2, 0.25) is 0 Å². The molecule has 0 aliphatic heterocycles. The molecule has 286 valence electrons. The number of benzene rings is 4. The van der Waals surface area contributed by atoms with Gasteiger partial charge in [-0.1, -0.05) is 111 Å². The maximum Gasteiger partial charge on any atom is 2.00 e. The Kier molecular flexibility index (Phi) is 11.4. The van der Waals surface area contributed by atoms with Crippen LogP contribution in [0.3, 0.4) is 0 Å². The van der Waals surface area contributed by atoms with Crippen molar-refractivity contribution in [3.63, 3.8) is 0 Å². The van der Waals surface area contributed by atoms with Crippen LogP contribution in [-0.2, 0) is 38.3 Å². The van der Waals surface area contributed by atoms with Gasteiger partial charge in [-0.25, -0.2) is 4.98 Å². The van der Waals surface area contributed by atoms with Gasteiger partial charge >= 0.3 is 21.1 Å². The molecule has 0 N–H and O–H groups in total. The summed E-state index contributed by atoms with van der Waals surface area (Å²) in [6.45, 7) is 24.8. The minimum absolute atomic E-state index is 0. The molecule has 0 saturated heterocycles. The van der Waals surface area contributed by atoms with Crippen LogP contribution < -0.4 is 4.74 Å². The molecule has 55 heavy (non-hydrogen) atoms. The number of hydrogen-bond acceptors (Lipinski definition) is 3. The van der Waals surface area contributed by atoms with Gasteiger partial charge in [0, 0.05) is 34.5 Å². The Labute approximate surface area is 342 Å². The molecular formula is C49H54N4OPt.